The van der Waals surface area contributed by atoms with Crippen LogP contribution >= 0.6 is 0 Å². The predicted octanol–water partition coefficient (Wildman–Crippen LogP) is 4.31. The van der Waals surface area contributed by atoms with Gasteiger partial charge >= 0.3 is 11.9 Å². The zero-order valence-electron chi connectivity index (χ0n) is 18.6. The number of esters is 2. The molecule has 2 aromatic carbocycles. The summed E-state index contributed by atoms with van der Waals surface area (Å²) < 4.78 is 10.7. The molecule has 0 saturated heterocycles. The molecule has 6 nitrogen and oxygen atoms in total. The molecule has 0 spiro atoms. The normalized spacial score (nSPS) is 16.2. The van der Waals surface area contributed by atoms with Gasteiger partial charge in [0.15, 0.2) is 0 Å². The Hall–Kier alpha value is -3.80. The van der Waals surface area contributed by atoms with Crippen molar-refractivity contribution in [1.29, 1.82) is 0 Å². The van der Waals surface area contributed by atoms with E-state index in [1.165, 1.54) is 0 Å². The fourth-order valence-electron chi connectivity index (χ4n) is 3.62. The van der Waals surface area contributed by atoms with Crippen molar-refractivity contribution >= 4 is 29.4 Å². The number of nitrogens with two attached hydrogens (primary N) is 1. The molecule has 0 radical (unpaired) electrons. The summed E-state index contributed by atoms with van der Waals surface area (Å²) in [5.74, 6) is -1.61. The minimum atomic E-state index is -0.651. The van der Waals surface area contributed by atoms with Crippen LogP contribution in [0.3, 0.4) is 0 Å². The summed E-state index contributed by atoms with van der Waals surface area (Å²) in [6.07, 6.45) is 3.70. The van der Waals surface area contributed by atoms with Gasteiger partial charge in [0.05, 0.1) is 30.1 Å². The number of hydrogen-bond acceptors (Lipinski definition) is 6. The molecule has 6 heteroatoms. The number of allylic oxidation sites excluding steroid dienone is 2. The van der Waals surface area contributed by atoms with E-state index in [9.17, 15) is 9.59 Å². The number of nitrogens with one attached hydrogen (secondary N) is 1. The molecular weight excluding hydrogens is 404 g/mol. The van der Waals surface area contributed by atoms with Crippen LogP contribution in [0, 0.1) is 5.92 Å². The Morgan fingerprint density at radius 1 is 0.938 bits per heavy atom. The molecule has 0 fully saturated rings. The van der Waals surface area contributed by atoms with Crippen LogP contribution in [0.1, 0.15) is 31.9 Å². The van der Waals surface area contributed by atoms with Crippen LogP contribution in [-0.4, -0.2) is 25.2 Å². The number of carbonyl (C=O) groups excluding carboxylic acids is 2. The second-order valence-corrected chi connectivity index (χ2v) is 7.26. The van der Waals surface area contributed by atoms with E-state index in [-0.39, 0.29) is 13.2 Å². The first kappa shape index (κ1) is 22.9. The van der Waals surface area contributed by atoms with Crippen LogP contribution in [0.2, 0.25) is 0 Å². The van der Waals surface area contributed by atoms with Crippen molar-refractivity contribution in [3.63, 3.8) is 0 Å². The summed E-state index contributed by atoms with van der Waals surface area (Å²) in [5.41, 5.74) is 10.1. The topological polar surface area (TPSA) is 90.6 Å². The molecular formula is C26H28N2O4. The third-order valence-electron chi connectivity index (χ3n) is 5.08. The third-order valence-corrected chi connectivity index (χ3v) is 5.08. The first-order chi connectivity index (χ1) is 15.5. The number of benzene rings is 2. The molecule has 1 aliphatic rings. The van der Waals surface area contributed by atoms with E-state index in [1.54, 1.807) is 32.9 Å². The largest absolute Gasteiger partial charge is 0.463 e. The first-order valence-electron chi connectivity index (χ1n) is 10.6. The summed E-state index contributed by atoms with van der Waals surface area (Å²) in [4.78, 5) is 26.0. The molecule has 0 unspecified atom stereocenters. The lowest BCUT2D eigenvalue weighted by Gasteiger charge is -2.30. The minimum absolute atomic E-state index is 0.218. The zero-order valence-corrected chi connectivity index (χ0v) is 18.6. The molecule has 166 valence electrons. The highest BCUT2D eigenvalue weighted by atomic mass is 16.5. The van der Waals surface area contributed by atoms with E-state index in [2.05, 4.69) is 5.32 Å². The van der Waals surface area contributed by atoms with Crippen molar-refractivity contribution < 1.29 is 19.1 Å². The quantitative estimate of drug-likeness (QED) is 0.500. The predicted molar refractivity (Wildman–Crippen MR) is 126 cm³/mol. The Morgan fingerprint density at radius 3 is 2.12 bits per heavy atom. The second-order valence-electron chi connectivity index (χ2n) is 7.26. The first-order valence-corrected chi connectivity index (χ1v) is 10.6. The van der Waals surface area contributed by atoms with Crippen LogP contribution in [0.25, 0.3) is 11.8 Å². The monoisotopic (exact) mass is 432 g/mol. The van der Waals surface area contributed by atoms with Gasteiger partial charge in [0.1, 0.15) is 0 Å². The lowest BCUT2D eigenvalue weighted by atomic mass is 9.83. The van der Waals surface area contributed by atoms with Crippen LogP contribution in [-0.2, 0) is 19.1 Å². The Labute approximate surface area is 188 Å². The van der Waals surface area contributed by atoms with Gasteiger partial charge in [-0.1, -0.05) is 54.6 Å². The highest BCUT2D eigenvalue weighted by Gasteiger charge is 2.36. The fraction of sp³-hybridized carbons (Fsp3) is 0.231. The van der Waals surface area contributed by atoms with Crippen LogP contribution in [0.4, 0.5) is 5.69 Å². The third kappa shape index (κ3) is 5.09. The standard InChI is InChI=1S/C26H28N2O4/c1-4-31-25(29)22-17(3)28-24(19-9-7-6-8-10-19)23(26(30)32-5-2)21(22)16-13-18-11-14-20(27)15-12-18/h6-16,21,28H,4-5,27H2,1-3H3/b16-13+/t21-/m1/s1. The number of dihydropyridines is 1. The van der Waals surface area contributed by atoms with Gasteiger partial charge in [-0.15, -0.1) is 0 Å². The summed E-state index contributed by atoms with van der Waals surface area (Å²) in [6, 6.07) is 16.9. The van der Waals surface area contributed by atoms with Crippen LogP contribution in [0.5, 0.6) is 0 Å². The average Bonchev–Trinajstić information content (AvgIpc) is 2.79. The maximum Gasteiger partial charge on any atom is 0.337 e. The van der Waals surface area contributed by atoms with Crippen molar-refractivity contribution in [2.45, 2.75) is 20.8 Å². The lowest BCUT2D eigenvalue weighted by molar-refractivity contribution is -0.139. The number of nitrogen functional groups attached to an aromatic ring is 1. The molecule has 0 aliphatic carbocycles. The van der Waals surface area contributed by atoms with Gasteiger partial charge in [-0.3, -0.25) is 0 Å². The molecule has 3 rings (SSSR count). The highest BCUT2D eigenvalue weighted by molar-refractivity contribution is 6.04. The number of rotatable bonds is 7. The van der Waals surface area contributed by atoms with E-state index < -0.39 is 17.9 Å². The summed E-state index contributed by atoms with van der Waals surface area (Å²) in [5, 5.41) is 3.25. The zero-order chi connectivity index (χ0) is 23.1. The Bertz CT molecular complexity index is 1070. The van der Waals surface area contributed by atoms with Crippen molar-refractivity contribution in [3.05, 3.63) is 88.6 Å². The maximum atomic E-state index is 13.1. The Balaban J connectivity index is 2.18. The van der Waals surface area contributed by atoms with Crippen LogP contribution in [0.15, 0.2) is 77.5 Å². The van der Waals surface area contributed by atoms with Crippen LogP contribution < -0.4 is 11.1 Å². The number of ether oxygens (including phenoxy) is 2. The molecule has 0 amide bonds. The fourth-order valence-corrected chi connectivity index (χ4v) is 3.62. The molecule has 1 aliphatic heterocycles. The van der Waals surface area contributed by atoms with E-state index >= 15 is 0 Å². The van der Waals surface area contributed by atoms with Gasteiger partial charge in [-0.05, 0) is 44.0 Å². The summed E-state index contributed by atoms with van der Waals surface area (Å²) >= 11 is 0. The summed E-state index contributed by atoms with van der Waals surface area (Å²) in [7, 11) is 0. The average molecular weight is 433 g/mol. The number of hydrogen-bond donors (Lipinski definition) is 2. The van der Waals surface area contributed by atoms with Crippen molar-refractivity contribution in [3.8, 4) is 0 Å². The van der Waals surface area contributed by atoms with Gasteiger partial charge in [-0.25, -0.2) is 9.59 Å². The van der Waals surface area contributed by atoms with Gasteiger partial charge in [0.25, 0.3) is 0 Å². The van der Waals surface area contributed by atoms with E-state index in [0.29, 0.717) is 28.2 Å². The SMILES string of the molecule is CCOC(=O)C1=C(C)NC(c2ccccc2)=C(C(=O)OCC)[C@@H]1/C=C/c1ccc(N)cc1. The maximum absolute atomic E-state index is 13.1. The van der Waals surface area contributed by atoms with E-state index in [4.69, 9.17) is 15.2 Å². The molecule has 3 N–H and O–H groups in total. The molecule has 32 heavy (non-hydrogen) atoms. The summed E-state index contributed by atoms with van der Waals surface area (Å²) in [6.45, 7) is 5.76. The molecule has 0 saturated carbocycles. The van der Waals surface area contributed by atoms with Gasteiger partial charge in [0.2, 0.25) is 0 Å². The molecule has 1 heterocycles. The van der Waals surface area contributed by atoms with Gasteiger partial charge in [0, 0.05) is 17.3 Å². The molecule has 0 bridgehead atoms. The number of anilines is 1. The van der Waals surface area contributed by atoms with E-state index in [1.807, 2.05) is 54.6 Å². The smallest absolute Gasteiger partial charge is 0.337 e. The van der Waals surface area contributed by atoms with Gasteiger partial charge < -0.3 is 20.5 Å². The van der Waals surface area contributed by atoms with Gasteiger partial charge in [-0.2, -0.15) is 0 Å². The molecule has 0 aromatic heterocycles. The van der Waals surface area contributed by atoms with Crippen molar-refractivity contribution in [2.24, 2.45) is 5.92 Å². The Kier molecular flexibility index (Phi) is 7.49. The molecule has 2 aromatic rings. The van der Waals surface area contributed by atoms with Crippen molar-refractivity contribution in [2.75, 3.05) is 18.9 Å². The second kappa shape index (κ2) is 10.5. The van der Waals surface area contributed by atoms with Crippen molar-refractivity contribution in [1.82, 2.24) is 5.32 Å². The Morgan fingerprint density at radius 2 is 1.53 bits per heavy atom. The van der Waals surface area contributed by atoms with E-state index in [0.717, 1.165) is 11.1 Å². The minimum Gasteiger partial charge on any atom is -0.463 e. The number of carbonyl (C=O) groups is 2. The highest BCUT2D eigenvalue weighted by Crippen LogP contribution is 2.36. The molecule has 1 atom stereocenters. The lowest BCUT2D eigenvalue weighted by Crippen LogP contribution is -2.33.